The molecular formula is C22H25BrFN3O4. The summed E-state index contributed by atoms with van der Waals surface area (Å²) >= 11 is 3.34. The number of aromatic nitrogens is 1. The highest BCUT2D eigenvalue weighted by Crippen LogP contribution is 2.28. The number of carbonyl (C=O) groups excluding carboxylic acids is 2. The van der Waals surface area contributed by atoms with Gasteiger partial charge in [0.05, 0.1) is 19.2 Å². The molecule has 0 bridgehead atoms. The molecule has 2 amide bonds. The van der Waals surface area contributed by atoms with Crippen molar-refractivity contribution in [3.8, 4) is 5.88 Å². The highest BCUT2D eigenvalue weighted by atomic mass is 79.9. The Labute approximate surface area is 189 Å². The summed E-state index contributed by atoms with van der Waals surface area (Å²) in [5.41, 5.74) is 0.662. The Hall–Kier alpha value is -2.52. The number of pyridine rings is 1. The Bertz CT molecular complexity index is 956. The van der Waals surface area contributed by atoms with Gasteiger partial charge in [0.15, 0.2) is 0 Å². The number of nitrogens with zero attached hydrogens (tertiary/aromatic N) is 3. The zero-order chi connectivity index (χ0) is 22.7. The van der Waals surface area contributed by atoms with E-state index in [9.17, 15) is 19.1 Å². The second-order valence-electron chi connectivity index (χ2n) is 7.82. The van der Waals surface area contributed by atoms with Crippen molar-refractivity contribution in [2.24, 2.45) is 5.92 Å². The third-order valence-corrected chi connectivity index (χ3v) is 5.81. The summed E-state index contributed by atoms with van der Waals surface area (Å²) in [4.78, 5) is 33.3. The maximum atomic E-state index is 13.2. The number of rotatable bonds is 5. The fourth-order valence-corrected chi connectivity index (χ4v) is 3.79. The molecule has 0 saturated carbocycles. The lowest BCUT2D eigenvalue weighted by Gasteiger charge is -2.37. The van der Waals surface area contributed by atoms with Crippen molar-refractivity contribution in [1.82, 2.24) is 14.8 Å². The number of halogens is 2. The van der Waals surface area contributed by atoms with E-state index in [0.717, 1.165) is 0 Å². The molecule has 1 aliphatic rings. The number of hydrogen-bond donors (Lipinski definition) is 1. The van der Waals surface area contributed by atoms with Crippen molar-refractivity contribution in [2.75, 3.05) is 26.7 Å². The van der Waals surface area contributed by atoms with Crippen LogP contribution >= 0.6 is 15.9 Å². The maximum Gasteiger partial charge on any atom is 0.259 e. The van der Waals surface area contributed by atoms with E-state index >= 15 is 0 Å². The molecule has 0 unspecified atom stereocenters. The topological polar surface area (TPSA) is 83.0 Å². The molecule has 0 fully saturated rings. The van der Waals surface area contributed by atoms with E-state index in [0.29, 0.717) is 22.1 Å². The molecule has 1 N–H and O–H groups in total. The Morgan fingerprint density at radius 3 is 2.74 bits per heavy atom. The Morgan fingerprint density at radius 1 is 1.42 bits per heavy atom. The van der Waals surface area contributed by atoms with E-state index in [2.05, 4.69) is 20.9 Å². The highest BCUT2D eigenvalue weighted by Gasteiger charge is 2.34. The molecule has 1 aromatic heterocycles. The van der Waals surface area contributed by atoms with E-state index in [1.807, 2.05) is 6.92 Å². The van der Waals surface area contributed by atoms with Crippen LogP contribution < -0.4 is 4.74 Å². The number of aliphatic hydroxyl groups excluding tert-OH is 1. The second-order valence-corrected chi connectivity index (χ2v) is 8.74. The van der Waals surface area contributed by atoms with Gasteiger partial charge < -0.3 is 19.6 Å². The number of hydrogen-bond acceptors (Lipinski definition) is 5. The minimum absolute atomic E-state index is 0.153. The summed E-state index contributed by atoms with van der Waals surface area (Å²) in [5, 5.41) is 9.66. The number of amides is 2. The number of fused-ring (bicyclic) bond motifs is 1. The molecule has 1 aromatic carbocycles. The third kappa shape index (κ3) is 5.22. The predicted octanol–water partition coefficient (Wildman–Crippen LogP) is 2.98. The quantitative estimate of drug-likeness (QED) is 0.692. The molecule has 166 valence electrons. The van der Waals surface area contributed by atoms with Crippen LogP contribution in [0.15, 0.2) is 41.0 Å². The van der Waals surface area contributed by atoms with Crippen LogP contribution in [0.25, 0.3) is 0 Å². The van der Waals surface area contributed by atoms with Gasteiger partial charge in [-0.2, -0.15) is 0 Å². The van der Waals surface area contributed by atoms with Crippen molar-refractivity contribution >= 4 is 27.7 Å². The van der Waals surface area contributed by atoms with Crippen LogP contribution in [0.4, 0.5) is 4.39 Å². The normalized spacial score (nSPS) is 19.7. The molecule has 7 nitrogen and oxygen atoms in total. The van der Waals surface area contributed by atoms with Crippen LogP contribution in [0.2, 0.25) is 0 Å². The van der Waals surface area contributed by atoms with Gasteiger partial charge in [0.25, 0.3) is 11.8 Å². The summed E-state index contributed by atoms with van der Waals surface area (Å²) in [7, 11) is 1.65. The van der Waals surface area contributed by atoms with Gasteiger partial charge in [-0.25, -0.2) is 9.37 Å². The van der Waals surface area contributed by atoms with Crippen LogP contribution in [0.3, 0.4) is 0 Å². The lowest BCUT2D eigenvalue weighted by molar-refractivity contribution is 0.0313. The Balaban J connectivity index is 1.89. The van der Waals surface area contributed by atoms with Gasteiger partial charge in [0.1, 0.15) is 17.5 Å². The molecule has 0 spiro atoms. The predicted molar refractivity (Wildman–Crippen MR) is 116 cm³/mol. The first-order valence-electron chi connectivity index (χ1n) is 9.96. The Morgan fingerprint density at radius 2 is 2.10 bits per heavy atom. The average Bonchev–Trinajstić information content (AvgIpc) is 2.76. The molecular weight excluding hydrogens is 469 g/mol. The van der Waals surface area contributed by atoms with Gasteiger partial charge in [0.2, 0.25) is 5.88 Å². The van der Waals surface area contributed by atoms with Crippen LogP contribution in [0.5, 0.6) is 5.88 Å². The SMILES string of the molecule is C[C@H]1CN([C@@H](C)CO)C(=O)c2cc(Br)cnc2O[C@@H]1CN(C)C(=O)c1ccc(F)cc1. The van der Waals surface area contributed by atoms with E-state index in [1.54, 1.807) is 31.1 Å². The monoisotopic (exact) mass is 493 g/mol. The van der Waals surface area contributed by atoms with Gasteiger partial charge >= 0.3 is 0 Å². The van der Waals surface area contributed by atoms with Crippen LogP contribution in [0.1, 0.15) is 34.6 Å². The number of carbonyl (C=O) groups is 2. The number of aliphatic hydroxyl groups is 1. The summed E-state index contributed by atoms with van der Waals surface area (Å²) in [5.74, 6) is -0.916. The van der Waals surface area contributed by atoms with Gasteiger partial charge in [0, 0.05) is 35.7 Å². The van der Waals surface area contributed by atoms with Crippen molar-refractivity contribution in [3.05, 3.63) is 57.9 Å². The lowest BCUT2D eigenvalue weighted by atomic mass is 10.00. The second kappa shape index (κ2) is 9.74. The summed E-state index contributed by atoms with van der Waals surface area (Å²) in [6.45, 7) is 4.11. The fourth-order valence-electron chi connectivity index (χ4n) is 3.46. The summed E-state index contributed by atoms with van der Waals surface area (Å²) in [6.07, 6.45) is 1.09. The van der Waals surface area contributed by atoms with Crippen molar-refractivity contribution in [1.29, 1.82) is 0 Å². The standard InChI is InChI=1S/C22H25BrFN3O4/c1-13-10-27(14(2)12-28)22(30)18-8-16(23)9-25-20(18)31-19(13)11-26(3)21(29)15-4-6-17(24)7-5-15/h4-9,13-14,19,28H,10-12H2,1-3H3/t13-,14-,19+/m0/s1. The zero-order valence-corrected chi connectivity index (χ0v) is 19.2. The van der Waals surface area contributed by atoms with Gasteiger partial charge in [-0.3, -0.25) is 9.59 Å². The largest absolute Gasteiger partial charge is 0.472 e. The van der Waals surface area contributed by atoms with Crippen LogP contribution in [0, 0.1) is 11.7 Å². The van der Waals surface area contributed by atoms with E-state index in [-0.39, 0.29) is 42.8 Å². The Kier molecular flexibility index (Phi) is 7.27. The van der Waals surface area contributed by atoms with Crippen molar-refractivity contribution < 1.29 is 23.8 Å². The lowest BCUT2D eigenvalue weighted by Crippen LogP contribution is -2.50. The van der Waals surface area contributed by atoms with Crippen LogP contribution in [-0.4, -0.2) is 70.6 Å². The van der Waals surface area contributed by atoms with E-state index in [4.69, 9.17) is 4.74 Å². The summed E-state index contributed by atoms with van der Waals surface area (Å²) < 4.78 is 19.9. The van der Waals surface area contributed by atoms with E-state index in [1.165, 1.54) is 29.2 Å². The molecule has 0 aliphatic carbocycles. The number of likely N-dealkylation sites (N-methyl/N-ethyl adjacent to an activating group) is 1. The minimum atomic E-state index is -0.455. The molecule has 31 heavy (non-hydrogen) atoms. The van der Waals surface area contributed by atoms with Crippen molar-refractivity contribution in [2.45, 2.75) is 26.0 Å². The van der Waals surface area contributed by atoms with Gasteiger partial charge in [-0.15, -0.1) is 0 Å². The smallest absolute Gasteiger partial charge is 0.259 e. The van der Waals surface area contributed by atoms with Gasteiger partial charge in [-0.1, -0.05) is 6.92 Å². The molecule has 0 saturated heterocycles. The van der Waals surface area contributed by atoms with Gasteiger partial charge in [-0.05, 0) is 53.2 Å². The zero-order valence-electron chi connectivity index (χ0n) is 17.6. The minimum Gasteiger partial charge on any atom is -0.472 e. The molecule has 3 atom stereocenters. The highest BCUT2D eigenvalue weighted by molar-refractivity contribution is 9.10. The average molecular weight is 494 g/mol. The number of ether oxygens (including phenoxy) is 1. The first kappa shape index (κ1) is 23.1. The number of benzene rings is 1. The molecule has 0 radical (unpaired) electrons. The van der Waals surface area contributed by atoms with E-state index < -0.39 is 11.9 Å². The molecule has 2 heterocycles. The van der Waals surface area contributed by atoms with Crippen LogP contribution in [-0.2, 0) is 0 Å². The summed E-state index contributed by atoms with van der Waals surface area (Å²) in [6, 6.07) is 6.62. The molecule has 2 aromatic rings. The first-order valence-corrected chi connectivity index (χ1v) is 10.8. The first-order chi connectivity index (χ1) is 14.7. The maximum absolute atomic E-state index is 13.2. The molecule has 1 aliphatic heterocycles. The van der Waals surface area contributed by atoms with Crippen molar-refractivity contribution in [3.63, 3.8) is 0 Å². The molecule has 9 heteroatoms. The third-order valence-electron chi connectivity index (χ3n) is 5.38. The molecule has 3 rings (SSSR count). The fraction of sp³-hybridized carbons (Fsp3) is 0.409.